The SMILES string of the molecule is O=C(CCCNC(=O)COc1cccc2c1C(=O)N(C1CCC(=O)NC1=O)C2=O)Cc1ccc(C(=O)Cc2cncc(Cc3ccc(-c4ccc(N5CCCC5=O)cc4)cn3)c2)cc1. The van der Waals surface area contributed by atoms with E-state index in [-0.39, 0.29) is 73.0 Å². The number of benzene rings is 3. The van der Waals surface area contributed by atoms with E-state index in [9.17, 15) is 38.4 Å². The number of Topliss-reactive ketones (excluding diaryl/α,β-unsaturated/α-hetero) is 2. The lowest BCUT2D eigenvalue weighted by Gasteiger charge is -2.27. The molecule has 64 heavy (non-hydrogen) atoms. The Morgan fingerprint density at radius 2 is 1.58 bits per heavy atom. The molecule has 8 rings (SSSR count). The maximum atomic E-state index is 13.2. The molecule has 15 heteroatoms. The molecule has 0 aliphatic carbocycles. The number of amides is 6. The van der Waals surface area contributed by atoms with Crippen LogP contribution in [0.4, 0.5) is 5.69 Å². The zero-order chi connectivity index (χ0) is 44.7. The first-order chi connectivity index (χ1) is 31.0. The highest BCUT2D eigenvalue weighted by Crippen LogP contribution is 2.34. The lowest BCUT2D eigenvalue weighted by atomic mass is 9.99. The van der Waals surface area contributed by atoms with E-state index in [0.29, 0.717) is 24.8 Å². The molecule has 3 aromatic carbocycles. The number of aromatic nitrogens is 2. The van der Waals surface area contributed by atoms with Gasteiger partial charge < -0.3 is 15.0 Å². The third kappa shape index (κ3) is 9.83. The van der Waals surface area contributed by atoms with Crippen LogP contribution in [0.3, 0.4) is 0 Å². The van der Waals surface area contributed by atoms with E-state index >= 15 is 0 Å². The number of pyridine rings is 2. The average molecular weight is 861 g/mol. The number of ether oxygens (including phenoxy) is 1. The van der Waals surface area contributed by atoms with Crippen LogP contribution in [0.15, 0.2) is 104 Å². The van der Waals surface area contributed by atoms with Crippen LogP contribution < -0.4 is 20.3 Å². The van der Waals surface area contributed by atoms with E-state index in [0.717, 1.165) is 57.1 Å². The number of fused-ring (bicyclic) bond motifs is 1. The van der Waals surface area contributed by atoms with Crippen LogP contribution in [-0.4, -0.2) is 87.6 Å². The van der Waals surface area contributed by atoms with Gasteiger partial charge >= 0.3 is 0 Å². The van der Waals surface area contributed by atoms with Gasteiger partial charge in [-0.15, -0.1) is 0 Å². The number of carbonyl (C=O) groups is 8. The zero-order valence-corrected chi connectivity index (χ0v) is 34.8. The van der Waals surface area contributed by atoms with Crippen LogP contribution in [0.25, 0.3) is 11.1 Å². The highest BCUT2D eigenvalue weighted by atomic mass is 16.5. The Morgan fingerprint density at radius 1 is 0.797 bits per heavy atom. The van der Waals surface area contributed by atoms with Crippen molar-refractivity contribution in [1.82, 2.24) is 25.5 Å². The van der Waals surface area contributed by atoms with Crippen molar-refractivity contribution < 1.29 is 43.1 Å². The summed E-state index contributed by atoms with van der Waals surface area (Å²) in [4.78, 5) is 113. The van der Waals surface area contributed by atoms with E-state index in [1.165, 1.54) is 18.2 Å². The van der Waals surface area contributed by atoms with Gasteiger partial charge in [0, 0.05) is 92.7 Å². The molecule has 2 fully saturated rings. The summed E-state index contributed by atoms with van der Waals surface area (Å²) in [5, 5.41) is 4.84. The van der Waals surface area contributed by atoms with Crippen molar-refractivity contribution in [3.63, 3.8) is 0 Å². The third-order valence-electron chi connectivity index (χ3n) is 11.4. The number of hydrogen-bond donors (Lipinski definition) is 2. The first kappa shape index (κ1) is 43.0. The minimum atomic E-state index is -1.13. The van der Waals surface area contributed by atoms with Crippen LogP contribution in [0.5, 0.6) is 5.75 Å². The number of ketones is 2. The van der Waals surface area contributed by atoms with E-state index in [1.54, 1.807) is 36.7 Å². The summed E-state index contributed by atoms with van der Waals surface area (Å²) >= 11 is 0. The van der Waals surface area contributed by atoms with E-state index in [2.05, 4.69) is 20.6 Å². The van der Waals surface area contributed by atoms with Crippen molar-refractivity contribution >= 4 is 52.7 Å². The fraction of sp³-hybridized carbons (Fsp3) is 0.265. The van der Waals surface area contributed by atoms with Crippen molar-refractivity contribution in [3.05, 3.63) is 143 Å². The molecule has 6 amide bonds. The number of anilines is 1. The molecule has 1 atom stereocenters. The third-order valence-corrected chi connectivity index (χ3v) is 11.4. The van der Waals surface area contributed by atoms with Gasteiger partial charge in [0.2, 0.25) is 17.7 Å². The Morgan fingerprint density at radius 3 is 2.31 bits per heavy atom. The minimum Gasteiger partial charge on any atom is -0.483 e. The lowest BCUT2D eigenvalue weighted by molar-refractivity contribution is -0.136. The Kier molecular flexibility index (Phi) is 12.9. The maximum Gasteiger partial charge on any atom is 0.266 e. The summed E-state index contributed by atoms with van der Waals surface area (Å²) in [6.45, 7) is 0.503. The molecule has 5 heterocycles. The Balaban J connectivity index is 0.748. The van der Waals surface area contributed by atoms with E-state index in [4.69, 9.17) is 4.74 Å². The van der Waals surface area contributed by atoms with Crippen LogP contribution in [0, 0.1) is 0 Å². The van der Waals surface area contributed by atoms with Crippen LogP contribution in [0.2, 0.25) is 0 Å². The first-order valence-corrected chi connectivity index (χ1v) is 21.2. The number of carbonyl (C=O) groups excluding carboxylic acids is 8. The van der Waals surface area contributed by atoms with E-state index < -0.39 is 42.2 Å². The molecule has 2 saturated heterocycles. The molecular formula is C49H44N6O9. The predicted octanol–water partition coefficient (Wildman–Crippen LogP) is 4.77. The number of rotatable bonds is 17. The molecule has 3 aliphatic heterocycles. The van der Waals surface area contributed by atoms with Gasteiger partial charge in [-0.25, -0.2) is 0 Å². The summed E-state index contributed by atoms with van der Waals surface area (Å²) in [7, 11) is 0. The Hall–Kier alpha value is -7.68. The van der Waals surface area contributed by atoms with Gasteiger partial charge in [-0.05, 0) is 71.8 Å². The summed E-state index contributed by atoms with van der Waals surface area (Å²) in [5.74, 6) is -3.06. The topological polar surface area (TPSA) is 202 Å². The van der Waals surface area contributed by atoms with Crippen LogP contribution in [0.1, 0.15) is 92.0 Å². The first-order valence-electron chi connectivity index (χ1n) is 21.2. The van der Waals surface area contributed by atoms with Crippen molar-refractivity contribution in [2.75, 3.05) is 24.6 Å². The molecule has 0 radical (unpaired) electrons. The largest absolute Gasteiger partial charge is 0.483 e. The highest BCUT2D eigenvalue weighted by molar-refractivity contribution is 6.24. The number of nitrogens with one attached hydrogen (secondary N) is 2. The van der Waals surface area contributed by atoms with Crippen LogP contribution >= 0.6 is 0 Å². The van der Waals surface area contributed by atoms with Crippen molar-refractivity contribution in [2.24, 2.45) is 0 Å². The highest BCUT2D eigenvalue weighted by Gasteiger charge is 2.46. The summed E-state index contributed by atoms with van der Waals surface area (Å²) < 4.78 is 5.61. The maximum absolute atomic E-state index is 13.2. The molecule has 5 aromatic rings. The molecule has 0 saturated carbocycles. The summed E-state index contributed by atoms with van der Waals surface area (Å²) in [5.41, 5.74) is 6.74. The zero-order valence-electron chi connectivity index (χ0n) is 34.8. The van der Waals surface area contributed by atoms with Gasteiger partial charge in [0.05, 0.1) is 11.1 Å². The second kappa shape index (κ2) is 19.2. The predicted molar refractivity (Wildman–Crippen MR) is 232 cm³/mol. The molecule has 15 nitrogen and oxygen atoms in total. The van der Waals surface area contributed by atoms with Gasteiger partial charge in [-0.1, -0.05) is 54.6 Å². The van der Waals surface area contributed by atoms with Crippen molar-refractivity contribution in [3.8, 4) is 16.9 Å². The summed E-state index contributed by atoms with van der Waals surface area (Å²) in [6, 6.07) is 24.1. The fourth-order valence-electron chi connectivity index (χ4n) is 8.12. The van der Waals surface area contributed by atoms with Crippen molar-refractivity contribution in [2.45, 2.75) is 63.8 Å². The Bertz CT molecular complexity index is 2660. The minimum absolute atomic E-state index is 0.00825. The molecule has 2 aromatic heterocycles. The second-order valence-electron chi connectivity index (χ2n) is 16.0. The number of nitrogens with zero attached hydrogens (tertiary/aromatic N) is 4. The molecule has 3 aliphatic rings. The van der Waals surface area contributed by atoms with E-state index in [1.807, 2.05) is 53.6 Å². The normalized spacial score (nSPS) is 15.9. The molecule has 0 spiro atoms. The molecular weight excluding hydrogens is 817 g/mol. The second-order valence-corrected chi connectivity index (χ2v) is 16.0. The van der Waals surface area contributed by atoms with Gasteiger partial charge in [0.1, 0.15) is 17.6 Å². The standard InChI is InChI=1S/C49H44N6O9/c56-38(4-2-20-51-44(59)29-64-42-6-1-5-39-46(42)49(63)55(48(39)62)40-18-19-43(58)53-47(40)61)24-30-8-10-34(11-9-30)41(57)25-32-22-31(26-50-27-32)23-36-15-12-35(28-52-36)33-13-16-37(17-14-33)54-21-3-7-45(54)60/h1,5-6,8-17,22,26-28,40H,2-4,7,18-21,23-25,29H2,(H,51,59)(H,53,58,61). The fourth-order valence-corrected chi connectivity index (χ4v) is 8.12. The van der Waals surface area contributed by atoms with Gasteiger partial charge in [0.25, 0.3) is 17.7 Å². The molecule has 0 bridgehead atoms. The molecule has 1 unspecified atom stereocenters. The Labute approximate surface area is 368 Å². The number of imide groups is 2. The van der Waals surface area contributed by atoms with Gasteiger partial charge in [-0.2, -0.15) is 0 Å². The molecule has 2 N–H and O–H groups in total. The lowest BCUT2D eigenvalue weighted by Crippen LogP contribution is -2.54. The average Bonchev–Trinajstić information content (AvgIpc) is 3.84. The number of piperidine rings is 1. The summed E-state index contributed by atoms with van der Waals surface area (Å²) in [6.07, 6.45) is 8.23. The van der Waals surface area contributed by atoms with Gasteiger partial charge in [0.15, 0.2) is 12.4 Å². The van der Waals surface area contributed by atoms with Gasteiger partial charge in [-0.3, -0.25) is 58.5 Å². The molecule has 324 valence electrons. The number of hydrogen-bond acceptors (Lipinski definition) is 11. The van der Waals surface area contributed by atoms with Crippen LogP contribution in [-0.2, 0) is 43.2 Å². The monoisotopic (exact) mass is 860 g/mol. The van der Waals surface area contributed by atoms with Crippen molar-refractivity contribution in [1.29, 1.82) is 0 Å². The smallest absolute Gasteiger partial charge is 0.266 e. The quantitative estimate of drug-likeness (QED) is 0.0741.